The molecule has 3 amide bonds. The Morgan fingerprint density at radius 3 is 2.52 bits per heavy atom. The summed E-state index contributed by atoms with van der Waals surface area (Å²) in [6.45, 7) is 0. The van der Waals surface area contributed by atoms with E-state index in [4.69, 9.17) is 28.3 Å². The molecule has 3 rings (SSSR count). The van der Waals surface area contributed by atoms with Gasteiger partial charge in [0.2, 0.25) is 0 Å². The number of aromatic nitrogens is 5. The summed E-state index contributed by atoms with van der Waals surface area (Å²) < 4.78 is 7.13. The predicted molar refractivity (Wildman–Crippen MR) is 124 cm³/mol. The first-order chi connectivity index (χ1) is 15.6. The molecule has 3 aromatic rings. The van der Waals surface area contributed by atoms with Crippen LogP contribution in [-0.2, 0) is 7.05 Å². The average Bonchev–Trinajstić information content (AvgIpc) is 3.18. The van der Waals surface area contributed by atoms with Crippen LogP contribution in [0.1, 0.15) is 10.5 Å². The monoisotopic (exact) mass is 441 g/mol. The molecular weight excluding hydrogens is 423 g/mol. The molecule has 0 spiro atoms. The molecule has 0 atom stereocenters. The van der Waals surface area contributed by atoms with E-state index in [1.54, 1.807) is 36.3 Å². The number of carbonyl (C=O) groups is 2. The average molecular weight is 441 g/mol. The van der Waals surface area contributed by atoms with Gasteiger partial charge in [0, 0.05) is 20.2 Å². The maximum Gasteiger partial charge on any atom is 0.320 e. The first-order valence-electron chi connectivity index (χ1n) is 9.47. The van der Waals surface area contributed by atoms with E-state index in [2.05, 4.69) is 41.5 Å². The molecule has 12 nitrogen and oxygen atoms in total. The van der Waals surface area contributed by atoms with Gasteiger partial charge in [-0.05, 0) is 12.1 Å². The lowest BCUT2D eigenvalue weighted by Crippen LogP contribution is -2.50. The summed E-state index contributed by atoms with van der Waals surface area (Å²) in [5, 5.41) is 20.2. The molecule has 0 aliphatic rings. The minimum atomic E-state index is -1.99. The zero-order chi connectivity index (χ0) is 24.2. The van der Waals surface area contributed by atoms with E-state index in [1.165, 1.54) is 20.2 Å². The molecule has 162 valence electrons. The highest BCUT2D eigenvalue weighted by Gasteiger charge is 2.22. The van der Waals surface area contributed by atoms with E-state index in [-0.39, 0.29) is 17.2 Å². The number of methoxy groups -OCH3 is 1. The summed E-state index contributed by atoms with van der Waals surface area (Å²) in [6, 6.07) is 6.10. The minimum absolute atomic E-state index is 0.0643. The number of amides is 3. The maximum absolute atomic E-state index is 12.7. The van der Waals surface area contributed by atoms with Crippen LogP contribution in [0.5, 0.6) is 5.75 Å². The lowest BCUT2D eigenvalue weighted by atomic mass is 9.49. The molecule has 0 saturated carbocycles. The van der Waals surface area contributed by atoms with Crippen LogP contribution in [-0.4, -0.2) is 79.8 Å². The number of hydrogen-bond acceptors (Lipinski definition) is 8. The van der Waals surface area contributed by atoms with Crippen molar-refractivity contribution in [1.82, 2.24) is 35.6 Å². The van der Waals surface area contributed by atoms with Crippen molar-refractivity contribution in [3.8, 4) is 17.1 Å². The number of anilines is 3. The van der Waals surface area contributed by atoms with Gasteiger partial charge in [0.25, 0.3) is 5.91 Å². The van der Waals surface area contributed by atoms with Gasteiger partial charge in [-0.3, -0.25) is 14.8 Å². The summed E-state index contributed by atoms with van der Waals surface area (Å²) in [6.07, 6.45) is 1.56. The second-order valence-electron chi connectivity index (χ2n) is 6.84. The summed E-state index contributed by atoms with van der Waals surface area (Å²) >= 11 is 0. The Morgan fingerprint density at radius 1 is 1.15 bits per heavy atom. The molecule has 6 radical (unpaired) electrons. The number of nitrogens with one attached hydrogen (secondary N) is 4. The lowest BCUT2D eigenvalue weighted by molar-refractivity contribution is 0.0947. The number of urea groups is 1. The van der Waals surface area contributed by atoms with Crippen LogP contribution in [0.3, 0.4) is 0 Å². The summed E-state index contributed by atoms with van der Waals surface area (Å²) in [4.78, 5) is 28.6. The molecule has 33 heavy (non-hydrogen) atoms. The van der Waals surface area contributed by atoms with Crippen LogP contribution in [0.15, 0.2) is 30.6 Å². The molecule has 1 aromatic carbocycles. The Balaban J connectivity index is 2.06. The molecule has 15 heteroatoms. The highest BCUT2D eigenvalue weighted by molar-refractivity contribution is 6.60. The molecule has 0 unspecified atom stereocenters. The smallest absolute Gasteiger partial charge is 0.320 e. The molecule has 4 N–H and O–H groups in total. The Hall–Kier alpha value is -4.03. The molecule has 0 aliphatic carbocycles. The van der Waals surface area contributed by atoms with Gasteiger partial charge in [-0.25, -0.2) is 9.78 Å². The molecule has 0 bridgehead atoms. The van der Waals surface area contributed by atoms with Gasteiger partial charge in [0.1, 0.15) is 6.33 Å². The van der Waals surface area contributed by atoms with Crippen LogP contribution < -0.4 is 26.0 Å². The van der Waals surface area contributed by atoms with E-state index in [1.807, 2.05) is 0 Å². The minimum Gasteiger partial charge on any atom is -0.494 e. The van der Waals surface area contributed by atoms with E-state index in [0.29, 0.717) is 22.8 Å². The third-order valence-corrected chi connectivity index (χ3v) is 4.14. The molecule has 0 fully saturated rings. The second-order valence-corrected chi connectivity index (χ2v) is 6.84. The topological polar surface area (TPSA) is 148 Å². The lowest BCUT2D eigenvalue weighted by Gasteiger charge is -2.23. The van der Waals surface area contributed by atoms with Crippen molar-refractivity contribution >= 4 is 52.7 Å². The molecule has 2 heterocycles. The number of carbonyl (C=O) groups excluding carboxylic acids is 2. The fraction of sp³-hybridized carbons (Fsp3) is 0.222. The van der Waals surface area contributed by atoms with Gasteiger partial charge >= 0.3 is 6.03 Å². The maximum atomic E-state index is 12.7. The number of benzene rings is 1. The fourth-order valence-electron chi connectivity index (χ4n) is 2.79. The largest absolute Gasteiger partial charge is 0.494 e. The standard InChI is InChI=1S/C18H18B3N9O3/c1-22-17(32)25-12-7-11(13(28-27-12)16(31)26-18(19,20)21)24-10-6-4-5-9(14(10)33-3)15-23-8-30(2)29-15/h4-8H,1-3H3,(H,26,31)(H3,22,24,25,27,32). The molecule has 2 aromatic heterocycles. The van der Waals surface area contributed by atoms with Gasteiger partial charge in [-0.15, -0.1) is 10.2 Å². The number of rotatable bonds is 7. The Morgan fingerprint density at radius 2 is 1.91 bits per heavy atom. The van der Waals surface area contributed by atoms with Gasteiger partial charge < -0.3 is 20.7 Å². The van der Waals surface area contributed by atoms with Gasteiger partial charge in [-0.1, -0.05) is 11.3 Å². The van der Waals surface area contributed by atoms with Crippen LogP contribution in [0, 0.1) is 0 Å². The van der Waals surface area contributed by atoms with E-state index in [9.17, 15) is 9.59 Å². The summed E-state index contributed by atoms with van der Waals surface area (Å²) in [7, 11) is 21.1. The number of para-hydroxylation sites is 1. The number of ether oxygens (including phenoxy) is 1. The van der Waals surface area contributed by atoms with Gasteiger partial charge in [0.15, 0.2) is 23.1 Å². The van der Waals surface area contributed by atoms with Crippen molar-refractivity contribution in [3.63, 3.8) is 0 Å². The van der Waals surface area contributed by atoms with Crippen molar-refractivity contribution < 1.29 is 14.3 Å². The van der Waals surface area contributed by atoms with Crippen LogP contribution in [0.4, 0.5) is 22.0 Å². The first kappa shape index (κ1) is 23.6. The van der Waals surface area contributed by atoms with Crippen molar-refractivity contribution in [2.45, 2.75) is 5.24 Å². The number of hydrogen-bond donors (Lipinski definition) is 4. The van der Waals surface area contributed by atoms with Crippen LogP contribution in [0.2, 0.25) is 0 Å². The number of nitrogens with zero attached hydrogens (tertiary/aromatic N) is 5. The van der Waals surface area contributed by atoms with Crippen molar-refractivity contribution in [2.24, 2.45) is 7.05 Å². The highest BCUT2D eigenvalue weighted by atomic mass is 16.5. The highest BCUT2D eigenvalue weighted by Crippen LogP contribution is 2.37. The zero-order valence-electron chi connectivity index (χ0n) is 18.1. The Labute approximate surface area is 193 Å². The first-order valence-corrected chi connectivity index (χ1v) is 9.47. The molecule has 0 saturated heterocycles. The quantitative estimate of drug-likeness (QED) is 0.363. The SMILES string of the molecule is [B]C([B])([B])NC(=O)c1nnc(NC(=O)NC)cc1Nc1cccc(-c2ncn(C)n2)c1OC. The van der Waals surface area contributed by atoms with E-state index in [0.717, 1.165) is 0 Å². The molecular formula is C18H18B3N9O3. The zero-order valence-corrected chi connectivity index (χ0v) is 18.1. The fourth-order valence-corrected chi connectivity index (χ4v) is 2.79. The van der Waals surface area contributed by atoms with Crippen LogP contribution in [0.25, 0.3) is 11.4 Å². The Kier molecular flexibility index (Phi) is 6.90. The number of aryl methyl sites for hydroxylation is 1. The normalized spacial score (nSPS) is 10.9. The van der Waals surface area contributed by atoms with Crippen molar-refractivity contribution in [1.29, 1.82) is 0 Å². The predicted octanol–water partition coefficient (Wildman–Crippen LogP) is -0.378. The van der Waals surface area contributed by atoms with E-state index >= 15 is 0 Å². The molecule has 0 aliphatic heterocycles. The van der Waals surface area contributed by atoms with Gasteiger partial charge in [-0.2, -0.15) is 5.10 Å². The third kappa shape index (κ3) is 5.81. The van der Waals surface area contributed by atoms with Crippen molar-refractivity contribution in [3.05, 3.63) is 36.3 Å². The van der Waals surface area contributed by atoms with Crippen molar-refractivity contribution in [2.75, 3.05) is 24.8 Å². The second kappa shape index (κ2) is 9.63. The van der Waals surface area contributed by atoms with Crippen LogP contribution >= 0.6 is 0 Å². The Bertz CT molecular complexity index is 1180. The third-order valence-electron chi connectivity index (χ3n) is 4.14. The summed E-state index contributed by atoms with van der Waals surface area (Å²) in [5.41, 5.74) is 1.02. The summed E-state index contributed by atoms with van der Waals surface area (Å²) in [5.74, 6) is 0.100. The van der Waals surface area contributed by atoms with Gasteiger partial charge in [0.05, 0.1) is 47.6 Å². The van der Waals surface area contributed by atoms with E-state index < -0.39 is 17.2 Å².